The van der Waals surface area contributed by atoms with Crippen LogP contribution in [0.25, 0.3) is 0 Å². The van der Waals surface area contributed by atoms with Gasteiger partial charge in [0.25, 0.3) is 5.56 Å². The summed E-state index contributed by atoms with van der Waals surface area (Å²) in [5.41, 5.74) is 6.52. The molecule has 0 spiro atoms. The van der Waals surface area contributed by atoms with Crippen LogP contribution in [-0.2, 0) is 7.05 Å². The fraction of sp³-hybridized carbons (Fsp3) is 0.412. The number of rotatable bonds is 5. The van der Waals surface area contributed by atoms with Crippen LogP contribution < -0.4 is 21.5 Å². The van der Waals surface area contributed by atoms with Crippen molar-refractivity contribution in [3.05, 3.63) is 46.5 Å². The second kappa shape index (κ2) is 7.33. The van der Waals surface area contributed by atoms with E-state index in [9.17, 15) is 9.59 Å². The minimum absolute atomic E-state index is 0.0957. The van der Waals surface area contributed by atoms with Crippen LogP contribution in [0.2, 0.25) is 0 Å². The Morgan fingerprint density at radius 3 is 2.80 bits per heavy atom. The van der Waals surface area contributed by atoms with Crippen molar-refractivity contribution in [2.45, 2.75) is 12.8 Å². The molecule has 3 rings (SSSR count). The van der Waals surface area contributed by atoms with Crippen molar-refractivity contribution in [2.75, 3.05) is 29.9 Å². The van der Waals surface area contributed by atoms with Crippen molar-refractivity contribution in [2.24, 2.45) is 18.7 Å². The van der Waals surface area contributed by atoms with E-state index < -0.39 is 5.91 Å². The Kier molecular flexibility index (Phi) is 4.97. The van der Waals surface area contributed by atoms with Gasteiger partial charge in [0.1, 0.15) is 5.82 Å². The number of aryl methyl sites for hydroxylation is 1. The molecule has 8 heteroatoms. The number of amides is 1. The fourth-order valence-electron chi connectivity index (χ4n) is 2.96. The maximum atomic E-state index is 11.7. The Balaban J connectivity index is 1.52. The molecule has 8 nitrogen and oxygen atoms in total. The van der Waals surface area contributed by atoms with Gasteiger partial charge < -0.3 is 16.0 Å². The number of hydrogen-bond acceptors (Lipinski definition) is 6. The zero-order chi connectivity index (χ0) is 17.8. The van der Waals surface area contributed by atoms with Crippen LogP contribution in [0.4, 0.5) is 11.5 Å². The SMILES string of the molecule is Cn1ncc(N2CCC(CNc3cc(C(N)=O)ccn3)CC2)cc1=O. The average molecular weight is 342 g/mol. The lowest BCUT2D eigenvalue weighted by molar-refractivity contribution is 0.1000. The van der Waals surface area contributed by atoms with Crippen molar-refractivity contribution in [3.8, 4) is 0 Å². The van der Waals surface area contributed by atoms with E-state index in [1.54, 1.807) is 37.6 Å². The molecule has 25 heavy (non-hydrogen) atoms. The van der Waals surface area contributed by atoms with Crippen LogP contribution in [0.1, 0.15) is 23.2 Å². The summed E-state index contributed by atoms with van der Waals surface area (Å²) in [6.07, 6.45) is 5.34. The van der Waals surface area contributed by atoms with Crippen molar-refractivity contribution in [1.82, 2.24) is 14.8 Å². The number of anilines is 2. The van der Waals surface area contributed by atoms with Gasteiger partial charge in [-0.25, -0.2) is 9.67 Å². The molecule has 0 aliphatic carbocycles. The van der Waals surface area contributed by atoms with Crippen LogP contribution >= 0.6 is 0 Å². The van der Waals surface area contributed by atoms with E-state index >= 15 is 0 Å². The van der Waals surface area contributed by atoms with Crippen LogP contribution in [0, 0.1) is 5.92 Å². The van der Waals surface area contributed by atoms with E-state index in [0.717, 1.165) is 38.2 Å². The van der Waals surface area contributed by atoms with E-state index in [1.165, 1.54) is 4.68 Å². The molecule has 0 atom stereocenters. The monoisotopic (exact) mass is 342 g/mol. The molecule has 3 heterocycles. The maximum absolute atomic E-state index is 11.7. The predicted molar refractivity (Wildman–Crippen MR) is 95.7 cm³/mol. The highest BCUT2D eigenvalue weighted by atomic mass is 16.1. The lowest BCUT2D eigenvalue weighted by Crippen LogP contribution is -2.37. The lowest BCUT2D eigenvalue weighted by atomic mass is 9.96. The Morgan fingerprint density at radius 1 is 1.36 bits per heavy atom. The van der Waals surface area contributed by atoms with Gasteiger partial charge in [-0.1, -0.05) is 0 Å². The van der Waals surface area contributed by atoms with Gasteiger partial charge >= 0.3 is 0 Å². The molecule has 1 fully saturated rings. The third-order valence-electron chi connectivity index (χ3n) is 4.55. The molecule has 3 N–H and O–H groups in total. The van der Waals surface area contributed by atoms with Gasteiger partial charge in [0, 0.05) is 44.5 Å². The molecule has 1 amide bonds. The van der Waals surface area contributed by atoms with Crippen molar-refractivity contribution >= 4 is 17.4 Å². The average Bonchev–Trinajstić information content (AvgIpc) is 2.63. The molecule has 2 aromatic rings. The third-order valence-corrected chi connectivity index (χ3v) is 4.55. The van der Waals surface area contributed by atoms with Gasteiger partial charge in [-0.3, -0.25) is 9.59 Å². The highest BCUT2D eigenvalue weighted by molar-refractivity contribution is 5.93. The lowest BCUT2D eigenvalue weighted by Gasteiger charge is -2.33. The van der Waals surface area contributed by atoms with Gasteiger partial charge in [0.05, 0.1) is 11.9 Å². The predicted octanol–water partition coefficient (Wildman–Crippen LogP) is 0.603. The van der Waals surface area contributed by atoms with Gasteiger partial charge in [-0.05, 0) is 30.9 Å². The molecule has 1 saturated heterocycles. The number of carbonyl (C=O) groups is 1. The second-order valence-corrected chi connectivity index (χ2v) is 6.28. The molecule has 132 valence electrons. The van der Waals surface area contributed by atoms with Crippen LogP contribution in [0.5, 0.6) is 0 Å². The van der Waals surface area contributed by atoms with Crippen molar-refractivity contribution in [3.63, 3.8) is 0 Å². The van der Waals surface area contributed by atoms with Crippen LogP contribution in [-0.4, -0.2) is 40.3 Å². The molecular formula is C17H22N6O2. The Labute approximate surface area is 145 Å². The number of aromatic nitrogens is 3. The number of nitrogens with one attached hydrogen (secondary N) is 1. The summed E-state index contributed by atoms with van der Waals surface area (Å²) < 4.78 is 1.33. The smallest absolute Gasteiger partial charge is 0.268 e. The van der Waals surface area contributed by atoms with Crippen molar-refractivity contribution < 1.29 is 4.79 Å². The van der Waals surface area contributed by atoms with E-state index in [0.29, 0.717) is 17.3 Å². The first kappa shape index (κ1) is 16.9. The summed E-state index contributed by atoms with van der Waals surface area (Å²) in [6, 6.07) is 4.90. The molecule has 0 unspecified atom stereocenters. The molecular weight excluding hydrogens is 320 g/mol. The highest BCUT2D eigenvalue weighted by Crippen LogP contribution is 2.22. The van der Waals surface area contributed by atoms with E-state index in [4.69, 9.17) is 5.73 Å². The number of primary amides is 1. The summed E-state index contributed by atoms with van der Waals surface area (Å²) in [6.45, 7) is 2.56. The van der Waals surface area contributed by atoms with Crippen molar-refractivity contribution in [1.29, 1.82) is 0 Å². The van der Waals surface area contributed by atoms with Crippen LogP contribution in [0.3, 0.4) is 0 Å². The fourth-order valence-corrected chi connectivity index (χ4v) is 2.96. The number of carbonyl (C=O) groups excluding carboxylic acids is 1. The van der Waals surface area contributed by atoms with Gasteiger partial charge in [-0.2, -0.15) is 5.10 Å². The molecule has 0 bridgehead atoms. The summed E-state index contributed by atoms with van der Waals surface area (Å²) in [5.74, 6) is 0.714. The van der Waals surface area contributed by atoms with E-state index in [2.05, 4.69) is 20.3 Å². The largest absolute Gasteiger partial charge is 0.370 e. The highest BCUT2D eigenvalue weighted by Gasteiger charge is 2.20. The molecule has 0 saturated carbocycles. The topological polar surface area (TPSA) is 106 Å². The number of nitrogens with two attached hydrogens (primary N) is 1. The number of pyridine rings is 1. The quantitative estimate of drug-likeness (QED) is 0.824. The number of hydrogen-bond donors (Lipinski definition) is 2. The summed E-state index contributed by atoms with van der Waals surface area (Å²) in [4.78, 5) is 29.3. The molecule has 1 aliphatic heterocycles. The first-order valence-corrected chi connectivity index (χ1v) is 8.31. The third kappa shape index (κ3) is 4.14. The number of nitrogens with zero attached hydrogens (tertiary/aromatic N) is 4. The minimum atomic E-state index is -0.457. The van der Waals surface area contributed by atoms with Crippen LogP contribution in [0.15, 0.2) is 35.4 Å². The Morgan fingerprint density at radius 2 is 2.12 bits per heavy atom. The summed E-state index contributed by atoms with van der Waals surface area (Å²) in [7, 11) is 1.64. The standard InChI is InChI=1S/C17H22N6O2/c1-22-16(24)9-14(11-21-22)23-6-3-12(4-7-23)10-20-15-8-13(17(18)25)2-5-19-15/h2,5,8-9,11-12H,3-4,6-7,10H2,1H3,(H2,18,25)(H,19,20). The first-order valence-electron chi connectivity index (χ1n) is 8.31. The van der Waals surface area contributed by atoms with E-state index in [-0.39, 0.29) is 5.56 Å². The minimum Gasteiger partial charge on any atom is -0.370 e. The molecule has 2 aromatic heterocycles. The summed E-state index contributed by atoms with van der Waals surface area (Å²) in [5, 5.41) is 7.35. The van der Waals surface area contributed by atoms with Gasteiger partial charge in [0.15, 0.2) is 0 Å². The maximum Gasteiger partial charge on any atom is 0.268 e. The molecule has 1 aliphatic rings. The molecule has 0 radical (unpaired) electrons. The summed E-state index contributed by atoms with van der Waals surface area (Å²) >= 11 is 0. The Hall–Kier alpha value is -2.90. The molecule has 0 aromatic carbocycles. The Bertz CT molecular complexity index is 811. The zero-order valence-electron chi connectivity index (χ0n) is 14.2. The van der Waals surface area contributed by atoms with E-state index in [1.807, 2.05) is 0 Å². The zero-order valence-corrected chi connectivity index (χ0v) is 14.2. The number of piperidine rings is 1. The first-order chi connectivity index (χ1) is 12.0. The van der Waals surface area contributed by atoms with Gasteiger partial charge in [-0.15, -0.1) is 0 Å². The van der Waals surface area contributed by atoms with Gasteiger partial charge in [0.2, 0.25) is 5.91 Å². The second-order valence-electron chi connectivity index (χ2n) is 6.28. The normalized spacial score (nSPS) is 15.2.